The summed E-state index contributed by atoms with van der Waals surface area (Å²) in [6.07, 6.45) is 0.728. The van der Waals surface area contributed by atoms with E-state index in [2.05, 4.69) is 5.32 Å². The number of nitro groups is 1. The van der Waals surface area contributed by atoms with E-state index in [0.29, 0.717) is 24.3 Å². The fourth-order valence-electron chi connectivity index (χ4n) is 3.59. The molecule has 7 nitrogen and oxygen atoms in total. The van der Waals surface area contributed by atoms with E-state index in [0.717, 1.165) is 17.5 Å². The zero-order valence-corrected chi connectivity index (χ0v) is 16.1. The van der Waals surface area contributed by atoms with Gasteiger partial charge in [0.2, 0.25) is 0 Å². The molecule has 2 amide bonds. The highest BCUT2D eigenvalue weighted by molar-refractivity contribution is 6.07. The van der Waals surface area contributed by atoms with Gasteiger partial charge in [-0.1, -0.05) is 36.4 Å². The number of carbonyl (C=O) groups excluding carboxylic acids is 2. The zero-order valence-electron chi connectivity index (χ0n) is 16.1. The van der Waals surface area contributed by atoms with Crippen molar-refractivity contribution in [3.8, 4) is 0 Å². The van der Waals surface area contributed by atoms with Crippen molar-refractivity contribution in [1.29, 1.82) is 0 Å². The maximum absolute atomic E-state index is 12.8. The summed E-state index contributed by atoms with van der Waals surface area (Å²) in [5.41, 5.74) is 3.00. The zero-order chi connectivity index (χ0) is 21.1. The van der Waals surface area contributed by atoms with E-state index in [9.17, 15) is 19.7 Å². The summed E-state index contributed by atoms with van der Waals surface area (Å²) in [6, 6.07) is 20.5. The third kappa shape index (κ3) is 3.91. The average molecular weight is 401 g/mol. The van der Waals surface area contributed by atoms with Gasteiger partial charge in [-0.3, -0.25) is 19.7 Å². The Morgan fingerprint density at radius 1 is 0.933 bits per heavy atom. The van der Waals surface area contributed by atoms with E-state index >= 15 is 0 Å². The summed E-state index contributed by atoms with van der Waals surface area (Å²) in [5.74, 6) is -0.578. The van der Waals surface area contributed by atoms with Crippen LogP contribution in [0.15, 0.2) is 72.8 Å². The molecule has 0 spiro atoms. The first-order chi connectivity index (χ1) is 14.5. The fourth-order valence-corrected chi connectivity index (χ4v) is 3.59. The van der Waals surface area contributed by atoms with E-state index in [1.807, 2.05) is 30.3 Å². The van der Waals surface area contributed by atoms with Crippen molar-refractivity contribution in [2.75, 3.05) is 11.9 Å². The van der Waals surface area contributed by atoms with Crippen LogP contribution in [0.4, 0.5) is 11.4 Å². The lowest BCUT2D eigenvalue weighted by atomic mass is 9.98. The van der Waals surface area contributed by atoms with Crippen LogP contribution in [0.1, 0.15) is 31.8 Å². The molecular weight excluding hydrogens is 382 g/mol. The summed E-state index contributed by atoms with van der Waals surface area (Å²) >= 11 is 0. The summed E-state index contributed by atoms with van der Waals surface area (Å²) in [6.45, 7) is 1.07. The number of amides is 2. The van der Waals surface area contributed by atoms with Gasteiger partial charge in [0.25, 0.3) is 17.5 Å². The lowest BCUT2D eigenvalue weighted by Crippen LogP contribution is -2.36. The Labute approximate surface area is 173 Å². The van der Waals surface area contributed by atoms with Gasteiger partial charge in [-0.05, 0) is 47.9 Å². The van der Waals surface area contributed by atoms with Crippen LogP contribution in [0.25, 0.3) is 0 Å². The molecule has 3 aromatic rings. The first-order valence-electron chi connectivity index (χ1n) is 9.54. The molecular formula is C23H19N3O4. The van der Waals surface area contributed by atoms with Gasteiger partial charge < -0.3 is 10.2 Å². The third-order valence-electron chi connectivity index (χ3n) is 5.13. The van der Waals surface area contributed by atoms with Gasteiger partial charge in [0.15, 0.2) is 0 Å². The lowest BCUT2D eigenvalue weighted by Gasteiger charge is -2.29. The normalized spacial score (nSPS) is 12.7. The van der Waals surface area contributed by atoms with Gasteiger partial charge in [-0.2, -0.15) is 0 Å². The highest BCUT2D eigenvalue weighted by Crippen LogP contribution is 2.25. The minimum absolute atomic E-state index is 0.00102. The maximum Gasteiger partial charge on any atom is 0.282 e. The largest absolute Gasteiger partial charge is 0.334 e. The smallest absolute Gasteiger partial charge is 0.282 e. The van der Waals surface area contributed by atoms with Crippen LogP contribution < -0.4 is 5.32 Å². The van der Waals surface area contributed by atoms with Crippen LogP contribution in [0.3, 0.4) is 0 Å². The maximum atomic E-state index is 12.8. The molecule has 4 rings (SSSR count). The summed E-state index contributed by atoms with van der Waals surface area (Å²) < 4.78 is 0. The van der Waals surface area contributed by atoms with Crippen LogP contribution in [-0.4, -0.2) is 28.2 Å². The summed E-state index contributed by atoms with van der Waals surface area (Å²) in [4.78, 5) is 37.7. The number of hydrogen-bond donors (Lipinski definition) is 1. The molecule has 0 bridgehead atoms. The predicted octanol–water partition coefficient (Wildman–Crippen LogP) is 4.05. The molecule has 1 heterocycles. The van der Waals surface area contributed by atoms with Crippen molar-refractivity contribution in [1.82, 2.24) is 4.90 Å². The predicted molar refractivity (Wildman–Crippen MR) is 112 cm³/mol. The van der Waals surface area contributed by atoms with Crippen molar-refractivity contribution < 1.29 is 14.5 Å². The molecule has 0 radical (unpaired) electrons. The molecule has 150 valence electrons. The number of nitrogens with zero attached hydrogens (tertiary/aromatic N) is 2. The van der Waals surface area contributed by atoms with Crippen molar-refractivity contribution in [3.63, 3.8) is 0 Å². The summed E-state index contributed by atoms with van der Waals surface area (Å²) in [7, 11) is 0. The van der Waals surface area contributed by atoms with Crippen LogP contribution in [-0.2, 0) is 13.0 Å². The molecule has 7 heteroatoms. The number of fused-ring (bicyclic) bond motifs is 1. The van der Waals surface area contributed by atoms with Crippen LogP contribution in [0, 0.1) is 10.1 Å². The van der Waals surface area contributed by atoms with Crippen molar-refractivity contribution in [2.24, 2.45) is 0 Å². The lowest BCUT2D eigenvalue weighted by molar-refractivity contribution is -0.385. The number of hydrogen-bond acceptors (Lipinski definition) is 4. The second-order valence-electron chi connectivity index (χ2n) is 7.05. The Balaban J connectivity index is 1.53. The molecule has 0 aromatic heterocycles. The molecule has 1 N–H and O–H groups in total. The number of para-hydroxylation sites is 1. The Morgan fingerprint density at radius 2 is 1.67 bits per heavy atom. The number of benzene rings is 3. The van der Waals surface area contributed by atoms with Crippen LogP contribution in [0.5, 0.6) is 0 Å². The van der Waals surface area contributed by atoms with Gasteiger partial charge in [0.05, 0.1) is 4.92 Å². The van der Waals surface area contributed by atoms with Gasteiger partial charge in [-0.15, -0.1) is 0 Å². The molecule has 0 saturated carbocycles. The first kappa shape index (κ1) is 19.3. The number of anilines is 1. The highest BCUT2D eigenvalue weighted by atomic mass is 16.6. The highest BCUT2D eigenvalue weighted by Gasteiger charge is 2.23. The Bertz CT molecular complexity index is 1130. The number of nitrogens with one attached hydrogen (secondary N) is 1. The third-order valence-corrected chi connectivity index (χ3v) is 5.13. The second kappa shape index (κ2) is 8.16. The standard InChI is InChI=1S/C23H19N3O4/c27-22(20-8-4-5-9-21(20)26(29)30)24-19-11-10-16-12-13-25(15-18(16)14-19)23(28)17-6-2-1-3-7-17/h1-11,14H,12-13,15H2,(H,24,27). The van der Waals surface area contributed by atoms with Gasteiger partial charge in [0, 0.05) is 30.4 Å². The van der Waals surface area contributed by atoms with E-state index < -0.39 is 10.8 Å². The second-order valence-corrected chi connectivity index (χ2v) is 7.05. The van der Waals surface area contributed by atoms with E-state index in [1.165, 1.54) is 18.2 Å². The summed E-state index contributed by atoms with van der Waals surface area (Å²) in [5, 5.41) is 13.9. The molecule has 0 fully saturated rings. The first-order valence-corrected chi connectivity index (χ1v) is 9.54. The van der Waals surface area contributed by atoms with E-state index in [4.69, 9.17) is 0 Å². The molecule has 0 saturated heterocycles. The van der Waals surface area contributed by atoms with Gasteiger partial charge in [-0.25, -0.2) is 0 Å². The number of rotatable bonds is 4. The average Bonchev–Trinajstić information content (AvgIpc) is 2.78. The molecule has 30 heavy (non-hydrogen) atoms. The SMILES string of the molecule is O=C(Nc1ccc2c(c1)CN(C(=O)c1ccccc1)CC2)c1ccccc1[N+](=O)[O-]. The van der Waals surface area contributed by atoms with Gasteiger partial charge >= 0.3 is 0 Å². The Morgan fingerprint density at radius 3 is 2.43 bits per heavy atom. The van der Waals surface area contributed by atoms with Gasteiger partial charge in [0.1, 0.15) is 5.56 Å². The molecule has 3 aromatic carbocycles. The number of nitro benzene ring substituents is 1. The minimum Gasteiger partial charge on any atom is -0.334 e. The molecule has 1 aliphatic heterocycles. The topological polar surface area (TPSA) is 92.6 Å². The van der Waals surface area contributed by atoms with E-state index in [1.54, 1.807) is 29.2 Å². The quantitative estimate of drug-likeness (QED) is 0.527. The van der Waals surface area contributed by atoms with E-state index in [-0.39, 0.29) is 17.2 Å². The molecule has 0 atom stereocenters. The van der Waals surface area contributed by atoms with Crippen LogP contribution in [0.2, 0.25) is 0 Å². The Hall–Kier alpha value is -4.00. The Kier molecular flexibility index (Phi) is 5.26. The molecule has 1 aliphatic rings. The fraction of sp³-hybridized carbons (Fsp3) is 0.130. The van der Waals surface area contributed by atoms with Crippen molar-refractivity contribution in [3.05, 3.63) is 105 Å². The molecule has 0 aliphatic carbocycles. The van der Waals surface area contributed by atoms with Crippen LogP contribution >= 0.6 is 0 Å². The molecule has 0 unspecified atom stereocenters. The monoisotopic (exact) mass is 401 g/mol. The minimum atomic E-state index is -0.575. The van der Waals surface area contributed by atoms with Crippen molar-refractivity contribution in [2.45, 2.75) is 13.0 Å². The van der Waals surface area contributed by atoms with Crippen molar-refractivity contribution >= 4 is 23.2 Å². The number of carbonyl (C=O) groups is 2.